The Hall–Kier alpha value is -3.49. The summed E-state index contributed by atoms with van der Waals surface area (Å²) in [6.07, 6.45) is 5.92. The summed E-state index contributed by atoms with van der Waals surface area (Å²) in [5, 5.41) is 13.9. The Morgan fingerprint density at radius 1 is 1.20 bits per heavy atom. The molecule has 9 heteroatoms. The zero-order valence-electron chi connectivity index (χ0n) is 16.8. The Labute approximate surface area is 173 Å². The second kappa shape index (κ2) is 7.74. The lowest BCUT2D eigenvalue weighted by atomic mass is 10.2. The Morgan fingerprint density at radius 3 is 2.87 bits per heavy atom. The van der Waals surface area contributed by atoms with Crippen LogP contribution in [-0.4, -0.2) is 46.8 Å². The number of carbonyl (C=O) groups excluding carboxylic acids is 1. The molecule has 3 heterocycles. The van der Waals surface area contributed by atoms with Crippen molar-refractivity contribution < 1.29 is 14.3 Å². The number of para-hydroxylation sites is 1. The molecule has 156 valence electrons. The van der Waals surface area contributed by atoms with Crippen LogP contribution < -0.4 is 25.4 Å². The molecule has 1 saturated carbocycles. The first-order valence-electron chi connectivity index (χ1n) is 10.3. The lowest BCUT2D eigenvalue weighted by Gasteiger charge is -2.21. The van der Waals surface area contributed by atoms with E-state index >= 15 is 0 Å². The number of nitrogens with zero attached hydrogens (tertiary/aromatic N) is 3. The third-order valence-electron chi connectivity index (χ3n) is 5.49. The first-order chi connectivity index (χ1) is 14.7. The molecule has 1 fully saturated rings. The van der Waals surface area contributed by atoms with Crippen molar-refractivity contribution >= 4 is 28.9 Å². The van der Waals surface area contributed by atoms with Gasteiger partial charge >= 0.3 is 0 Å². The molecular formula is C21H24N6O3. The van der Waals surface area contributed by atoms with E-state index in [2.05, 4.69) is 26.0 Å². The molecule has 1 aliphatic heterocycles. The van der Waals surface area contributed by atoms with E-state index in [0.29, 0.717) is 47.6 Å². The van der Waals surface area contributed by atoms with E-state index in [0.717, 1.165) is 31.4 Å². The van der Waals surface area contributed by atoms with Crippen molar-refractivity contribution in [2.24, 2.45) is 0 Å². The molecule has 3 N–H and O–H groups in total. The molecule has 1 aliphatic carbocycles. The van der Waals surface area contributed by atoms with E-state index in [1.54, 1.807) is 17.8 Å². The maximum Gasteiger partial charge on any atom is 0.256 e. The summed E-state index contributed by atoms with van der Waals surface area (Å²) in [4.78, 5) is 17.5. The van der Waals surface area contributed by atoms with Gasteiger partial charge in [-0.25, -0.2) is 4.98 Å². The minimum Gasteiger partial charge on any atom is -0.486 e. The van der Waals surface area contributed by atoms with Crippen LogP contribution in [0.2, 0.25) is 0 Å². The zero-order valence-corrected chi connectivity index (χ0v) is 16.8. The lowest BCUT2D eigenvalue weighted by Crippen LogP contribution is -2.32. The number of nitrogens with one attached hydrogen (secondary N) is 3. The fourth-order valence-electron chi connectivity index (χ4n) is 4.01. The van der Waals surface area contributed by atoms with Gasteiger partial charge in [-0.2, -0.15) is 9.61 Å². The summed E-state index contributed by atoms with van der Waals surface area (Å²) in [5.41, 5.74) is 1.70. The van der Waals surface area contributed by atoms with E-state index in [1.807, 2.05) is 24.3 Å². The smallest absolute Gasteiger partial charge is 0.256 e. The largest absolute Gasteiger partial charge is 0.486 e. The summed E-state index contributed by atoms with van der Waals surface area (Å²) in [5.74, 6) is 2.50. The number of fused-ring (bicyclic) bond motifs is 2. The number of anilines is 3. The highest BCUT2D eigenvalue weighted by molar-refractivity contribution is 6.00. The van der Waals surface area contributed by atoms with Crippen molar-refractivity contribution in [2.75, 3.05) is 30.9 Å². The van der Waals surface area contributed by atoms with Crippen LogP contribution >= 0.6 is 0 Å². The van der Waals surface area contributed by atoms with Crippen LogP contribution in [0.1, 0.15) is 36.0 Å². The van der Waals surface area contributed by atoms with Crippen LogP contribution in [0.15, 0.2) is 30.5 Å². The minimum absolute atomic E-state index is 0.141. The number of rotatable bonds is 5. The number of aromatic nitrogens is 3. The molecule has 0 atom stereocenters. The van der Waals surface area contributed by atoms with Gasteiger partial charge in [0.15, 0.2) is 17.1 Å². The van der Waals surface area contributed by atoms with Gasteiger partial charge in [0.05, 0.1) is 11.9 Å². The van der Waals surface area contributed by atoms with Crippen molar-refractivity contribution in [3.05, 3.63) is 36.0 Å². The second-order valence-corrected chi connectivity index (χ2v) is 7.48. The van der Waals surface area contributed by atoms with Gasteiger partial charge in [-0.05, 0) is 25.0 Å². The van der Waals surface area contributed by atoms with Gasteiger partial charge in [0, 0.05) is 19.2 Å². The average Bonchev–Trinajstić information content (AvgIpc) is 3.43. The van der Waals surface area contributed by atoms with E-state index in [9.17, 15) is 4.79 Å². The molecule has 1 aromatic carbocycles. The van der Waals surface area contributed by atoms with Gasteiger partial charge in [0.2, 0.25) is 0 Å². The van der Waals surface area contributed by atoms with Crippen molar-refractivity contribution in [2.45, 2.75) is 31.7 Å². The molecule has 3 aromatic rings. The minimum atomic E-state index is -0.141. The van der Waals surface area contributed by atoms with Crippen LogP contribution in [0.3, 0.4) is 0 Å². The predicted octanol–water partition coefficient (Wildman–Crippen LogP) is 2.96. The molecule has 0 radical (unpaired) electrons. The Morgan fingerprint density at radius 2 is 2.03 bits per heavy atom. The third kappa shape index (κ3) is 3.36. The molecule has 0 spiro atoms. The lowest BCUT2D eigenvalue weighted by molar-refractivity contribution is 0.0939. The van der Waals surface area contributed by atoms with E-state index in [4.69, 9.17) is 9.47 Å². The second-order valence-electron chi connectivity index (χ2n) is 7.48. The SMILES string of the molecule is CNc1cc(Nc2cccc3c2OCCO3)nc2c(C(=O)NC3CCCC3)cnn12. The molecule has 2 aliphatic rings. The topological polar surface area (TPSA) is 102 Å². The molecule has 9 nitrogen and oxygen atoms in total. The van der Waals surface area contributed by atoms with Crippen LogP contribution in [0.5, 0.6) is 11.5 Å². The Kier molecular flexibility index (Phi) is 4.78. The normalized spacial score (nSPS) is 15.9. The van der Waals surface area contributed by atoms with Crippen LogP contribution in [-0.2, 0) is 0 Å². The van der Waals surface area contributed by atoms with Gasteiger partial charge in [-0.1, -0.05) is 18.9 Å². The fraction of sp³-hybridized carbons (Fsp3) is 0.381. The summed E-state index contributed by atoms with van der Waals surface area (Å²) < 4.78 is 13.1. The van der Waals surface area contributed by atoms with Crippen LogP contribution in [0, 0.1) is 0 Å². The van der Waals surface area contributed by atoms with Crippen molar-refractivity contribution in [1.82, 2.24) is 19.9 Å². The monoisotopic (exact) mass is 408 g/mol. The van der Waals surface area contributed by atoms with Crippen LogP contribution in [0.4, 0.5) is 17.3 Å². The summed E-state index contributed by atoms with van der Waals surface area (Å²) >= 11 is 0. The van der Waals surface area contributed by atoms with E-state index in [-0.39, 0.29) is 11.9 Å². The maximum atomic E-state index is 12.9. The molecule has 2 aromatic heterocycles. The number of benzene rings is 1. The highest BCUT2D eigenvalue weighted by Gasteiger charge is 2.22. The molecule has 0 saturated heterocycles. The van der Waals surface area contributed by atoms with Gasteiger partial charge in [-0.15, -0.1) is 0 Å². The number of amides is 1. The molecule has 30 heavy (non-hydrogen) atoms. The first kappa shape index (κ1) is 18.5. The van der Waals surface area contributed by atoms with E-state index in [1.165, 1.54) is 0 Å². The average molecular weight is 408 g/mol. The third-order valence-corrected chi connectivity index (χ3v) is 5.49. The molecule has 1 amide bonds. The predicted molar refractivity (Wildman–Crippen MR) is 113 cm³/mol. The number of hydrogen-bond donors (Lipinski definition) is 3. The quantitative estimate of drug-likeness (QED) is 0.597. The highest BCUT2D eigenvalue weighted by Crippen LogP contribution is 2.38. The zero-order chi connectivity index (χ0) is 20.5. The van der Waals surface area contributed by atoms with Gasteiger partial charge in [-0.3, -0.25) is 4.79 Å². The fourth-order valence-corrected chi connectivity index (χ4v) is 4.01. The van der Waals surface area contributed by atoms with Crippen molar-refractivity contribution in [3.8, 4) is 11.5 Å². The Bertz CT molecular complexity index is 1090. The molecule has 0 bridgehead atoms. The van der Waals surface area contributed by atoms with Crippen molar-refractivity contribution in [1.29, 1.82) is 0 Å². The van der Waals surface area contributed by atoms with Crippen molar-refractivity contribution in [3.63, 3.8) is 0 Å². The van der Waals surface area contributed by atoms with Crippen LogP contribution in [0.25, 0.3) is 5.65 Å². The first-order valence-corrected chi connectivity index (χ1v) is 10.3. The standard InChI is InChI=1S/C21H24N6O3/c1-22-18-11-17(25-15-7-4-8-16-19(15)30-10-9-29-16)26-20-14(12-23-27(18)20)21(28)24-13-5-2-3-6-13/h4,7-8,11-13,22H,2-3,5-6,9-10H2,1H3,(H,24,28)(H,25,26). The maximum absolute atomic E-state index is 12.9. The summed E-state index contributed by atoms with van der Waals surface area (Å²) in [6.45, 7) is 1.02. The number of carbonyl (C=O) groups is 1. The van der Waals surface area contributed by atoms with Gasteiger partial charge in [0.1, 0.15) is 30.4 Å². The molecular weight excluding hydrogens is 384 g/mol. The molecule has 0 unspecified atom stereocenters. The number of hydrogen-bond acceptors (Lipinski definition) is 7. The van der Waals surface area contributed by atoms with E-state index < -0.39 is 0 Å². The summed E-state index contributed by atoms with van der Waals surface area (Å²) in [7, 11) is 1.81. The summed E-state index contributed by atoms with van der Waals surface area (Å²) in [6, 6.07) is 7.74. The van der Waals surface area contributed by atoms with Gasteiger partial charge < -0.3 is 25.4 Å². The number of ether oxygens (including phenoxy) is 2. The Balaban J connectivity index is 1.49. The highest BCUT2D eigenvalue weighted by atomic mass is 16.6. The van der Waals surface area contributed by atoms with Gasteiger partial charge in [0.25, 0.3) is 5.91 Å². The molecule has 5 rings (SSSR count).